The largest absolute Gasteiger partial charge is 0.309 e. The van der Waals surface area contributed by atoms with Gasteiger partial charge in [-0.15, -0.1) is 0 Å². The smallest absolute Gasteiger partial charge is 0.265 e. The standard InChI is InChI=1S/C12H17BrN2O/c1-7(2)11-14-10(8-5-3-4-6-8)9(13)12(16)15-11/h7-8H,3-6H2,1-2H3,(H,14,15,16). The van der Waals surface area contributed by atoms with Crippen molar-refractivity contribution >= 4 is 15.9 Å². The van der Waals surface area contributed by atoms with Crippen molar-refractivity contribution in [1.82, 2.24) is 9.97 Å². The number of nitrogens with one attached hydrogen (secondary N) is 1. The van der Waals surface area contributed by atoms with E-state index in [0.717, 1.165) is 24.4 Å². The Hall–Kier alpha value is -0.640. The van der Waals surface area contributed by atoms with Crippen molar-refractivity contribution in [2.75, 3.05) is 0 Å². The lowest BCUT2D eigenvalue weighted by Crippen LogP contribution is -2.17. The van der Waals surface area contributed by atoms with Crippen molar-refractivity contribution in [3.63, 3.8) is 0 Å². The maximum Gasteiger partial charge on any atom is 0.265 e. The minimum atomic E-state index is -0.0411. The van der Waals surface area contributed by atoms with Gasteiger partial charge in [0.2, 0.25) is 0 Å². The fourth-order valence-electron chi connectivity index (χ4n) is 2.24. The van der Waals surface area contributed by atoms with Crippen molar-refractivity contribution in [2.45, 2.75) is 51.4 Å². The number of aromatic amines is 1. The maximum absolute atomic E-state index is 11.8. The summed E-state index contributed by atoms with van der Waals surface area (Å²) in [5.74, 6) is 1.53. The molecule has 0 aliphatic heterocycles. The van der Waals surface area contributed by atoms with Crippen LogP contribution in [0.5, 0.6) is 0 Å². The molecule has 88 valence electrons. The number of aromatic nitrogens is 2. The SMILES string of the molecule is CC(C)c1nc(C2CCCC2)c(Br)c(=O)[nH]1. The van der Waals surface area contributed by atoms with Gasteiger partial charge >= 0.3 is 0 Å². The summed E-state index contributed by atoms with van der Waals surface area (Å²) in [7, 11) is 0. The highest BCUT2D eigenvalue weighted by molar-refractivity contribution is 9.10. The number of hydrogen-bond acceptors (Lipinski definition) is 2. The molecule has 4 heteroatoms. The minimum Gasteiger partial charge on any atom is -0.309 e. The molecular formula is C12H17BrN2O. The Morgan fingerprint density at radius 3 is 2.56 bits per heavy atom. The summed E-state index contributed by atoms with van der Waals surface area (Å²) in [6.07, 6.45) is 4.82. The quantitative estimate of drug-likeness (QED) is 0.906. The molecule has 0 bridgehead atoms. The molecule has 1 aliphatic carbocycles. The van der Waals surface area contributed by atoms with Crippen LogP contribution in [-0.2, 0) is 0 Å². The molecule has 1 saturated carbocycles. The van der Waals surface area contributed by atoms with Crippen LogP contribution in [0, 0.1) is 0 Å². The predicted molar refractivity (Wildman–Crippen MR) is 67.9 cm³/mol. The summed E-state index contributed by atoms with van der Waals surface area (Å²) < 4.78 is 0.629. The second-order valence-corrected chi connectivity index (χ2v) is 5.58. The average Bonchev–Trinajstić information content (AvgIpc) is 2.74. The summed E-state index contributed by atoms with van der Waals surface area (Å²) in [4.78, 5) is 19.2. The van der Waals surface area contributed by atoms with Crippen molar-refractivity contribution in [3.8, 4) is 0 Å². The highest BCUT2D eigenvalue weighted by atomic mass is 79.9. The lowest BCUT2D eigenvalue weighted by molar-refractivity contribution is 0.659. The lowest BCUT2D eigenvalue weighted by Gasteiger charge is -2.13. The van der Waals surface area contributed by atoms with Gasteiger partial charge < -0.3 is 4.98 Å². The Bertz CT molecular complexity index is 433. The van der Waals surface area contributed by atoms with Crippen LogP contribution in [0.4, 0.5) is 0 Å². The van der Waals surface area contributed by atoms with E-state index >= 15 is 0 Å². The van der Waals surface area contributed by atoms with Crippen LogP contribution in [-0.4, -0.2) is 9.97 Å². The lowest BCUT2D eigenvalue weighted by atomic mass is 10.0. The molecule has 1 fully saturated rings. The highest BCUT2D eigenvalue weighted by Crippen LogP contribution is 2.35. The molecule has 0 unspecified atom stereocenters. The van der Waals surface area contributed by atoms with Crippen LogP contribution in [0.25, 0.3) is 0 Å². The number of rotatable bonds is 2. The van der Waals surface area contributed by atoms with Gasteiger partial charge in [-0.2, -0.15) is 0 Å². The van der Waals surface area contributed by atoms with E-state index in [1.54, 1.807) is 0 Å². The fourth-order valence-corrected chi connectivity index (χ4v) is 2.75. The van der Waals surface area contributed by atoms with Crippen LogP contribution in [0.1, 0.15) is 62.9 Å². The van der Waals surface area contributed by atoms with Gasteiger partial charge in [0.1, 0.15) is 10.3 Å². The molecular weight excluding hydrogens is 268 g/mol. The van der Waals surface area contributed by atoms with Gasteiger partial charge in [-0.3, -0.25) is 4.79 Å². The van der Waals surface area contributed by atoms with Crippen molar-refractivity contribution < 1.29 is 0 Å². The molecule has 1 N–H and O–H groups in total. The molecule has 0 saturated heterocycles. The first-order chi connectivity index (χ1) is 7.59. The summed E-state index contributed by atoms with van der Waals surface area (Å²) in [5.41, 5.74) is 0.922. The first-order valence-electron chi connectivity index (χ1n) is 5.89. The number of nitrogens with zero attached hydrogens (tertiary/aromatic N) is 1. The third-order valence-electron chi connectivity index (χ3n) is 3.20. The second-order valence-electron chi connectivity index (χ2n) is 4.79. The Morgan fingerprint density at radius 2 is 2.00 bits per heavy atom. The van der Waals surface area contributed by atoms with Crippen LogP contribution in [0.2, 0.25) is 0 Å². The van der Waals surface area contributed by atoms with Crippen LogP contribution < -0.4 is 5.56 Å². The normalized spacial score (nSPS) is 17.2. The maximum atomic E-state index is 11.8. The fraction of sp³-hybridized carbons (Fsp3) is 0.667. The average molecular weight is 285 g/mol. The number of hydrogen-bond donors (Lipinski definition) is 1. The van der Waals surface area contributed by atoms with E-state index in [1.165, 1.54) is 12.8 Å². The highest BCUT2D eigenvalue weighted by Gasteiger charge is 2.23. The summed E-state index contributed by atoms with van der Waals surface area (Å²) >= 11 is 3.37. The van der Waals surface area contributed by atoms with Crippen LogP contribution in [0.3, 0.4) is 0 Å². The Balaban J connectivity index is 2.46. The first kappa shape index (κ1) is 11.8. The second kappa shape index (κ2) is 4.70. The zero-order valence-electron chi connectivity index (χ0n) is 9.72. The topological polar surface area (TPSA) is 45.8 Å². The van der Waals surface area contributed by atoms with Gasteiger partial charge in [-0.1, -0.05) is 26.7 Å². The van der Waals surface area contributed by atoms with Gasteiger partial charge in [-0.05, 0) is 28.8 Å². The Kier molecular flexibility index (Phi) is 3.47. The first-order valence-corrected chi connectivity index (χ1v) is 6.68. The third kappa shape index (κ3) is 2.21. The monoisotopic (exact) mass is 284 g/mol. The minimum absolute atomic E-state index is 0.0411. The molecule has 1 aliphatic rings. The molecule has 3 nitrogen and oxygen atoms in total. The van der Waals surface area contributed by atoms with Gasteiger partial charge in [0.15, 0.2) is 0 Å². The Labute approximate surface area is 104 Å². The van der Waals surface area contributed by atoms with Gasteiger partial charge in [0.25, 0.3) is 5.56 Å². The molecule has 0 atom stereocenters. The van der Waals surface area contributed by atoms with E-state index in [2.05, 4.69) is 25.9 Å². The zero-order valence-corrected chi connectivity index (χ0v) is 11.3. The van der Waals surface area contributed by atoms with Crippen molar-refractivity contribution in [3.05, 3.63) is 26.3 Å². The van der Waals surface area contributed by atoms with E-state index < -0.39 is 0 Å². The number of H-pyrrole nitrogens is 1. The van der Waals surface area contributed by atoms with Gasteiger partial charge in [-0.25, -0.2) is 4.98 Å². The molecule has 1 heterocycles. The molecule has 0 amide bonds. The van der Waals surface area contributed by atoms with E-state index in [-0.39, 0.29) is 11.5 Å². The summed E-state index contributed by atoms with van der Waals surface area (Å²) in [6.45, 7) is 4.09. The Morgan fingerprint density at radius 1 is 1.38 bits per heavy atom. The summed E-state index contributed by atoms with van der Waals surface area (Å²) in [5, 5.41) is 0. The van der Waals surface area contributed by atoms with Crippen molar-refractivity contribution in [2.24, 2.45) is 0 Å². The molecule has 2 rings (SSSR count). The molecule has 16 heavy (non-hydrogen) atoms. The van der Waals surface area contributed by atoms with E-state index in [0.29, 0.717) is 10.4 Å². The van der Waals surface area contributed by atoms with Gasteiger partial charge in [0.05, 0.1) is 5.69 Å². The van der Waals surface area contributed by atoms with E-state index in [4.69, 9.17) is 0 Å². The van der Waals surface area contributed by atoms with E-state index in [1.807, 2.05) is 13.8 Å². The van der Waals surface area contributed by atoms with E-state index in [9.17, 15) is 4.79 Å². The zero-order chi connectivity index (χ0) is 11.7. The van der Waals surface area contributed by atoms with Crippen molar-refractivity contribution in [1.29, 1.82) is 0 Å². The third-order valence-corrected chi connectivity index (χ3v) is 3.96. The van der Waals surface area contributed by atoms with Crippen LogP contribution in [0.15, 0.2) is 9.27 Å². The molecule has 1 aromatic rings. The van der Waals surface area contributed by atoms with Crippen LogP contribution >= 0.6 is 15.9 Å². The molecule has 0 radical (unpaired) electrons. The molecule has 0 aromatic carbocycles. The molecule has 1 aromatic heterocycles. The summed E-state index contributed by atoms with van der Waals surface area (Å²) in [6, 6.07) is 0. The van der Waals surface area contributed by atoms with Gasteiger partial charge in [0, 0.05) is 11.8 Å². The molecule has 0 spiro atoms. The predicted octanol–water partition coefficient (Wildman–Crippen LogP) is 3.31. The number of halogens is 1.